The summed E-state index contributed by atoms with van der Waals surface area (Å²) in [5.41, 5.74) is 3.03. The summed E-state index contributed by atoms with van der Waals surface area (Å²) in [7, 11) is 0. The van der Waals surface area contributed by atoms with Crippen LogP contribution in [-0.4, -0.2) is 16.3 Å². The molecule has 1 aliphatic rings. The fourth-order valence-electron chi connectivity index (χ4n) is 3.19. The summed E-state index contributed by atoms with van der Waals surface area (Å²) in [6.07, 6.45) is 6.73. The van der Waals surface area contributed by atoms with Gasteiger partial charge >= 0.3 is 0 Å². The lowest BCUT2D eigenvalue weighted by Crippen LogP contribution is -2.32. The van der Waals surface area contributed by atoms with Crippen molar-refractivity contribution in [2.24, 2.45) is 0 Å². The van der Waals surface area contributed by atoms with Gasteiger partial charge in [0.1, 0.15) is 0 Å². The zero-order valence-electron chi connectivity index (χ0n) is 12.3. The quantitative estimate of drug-likeness (QED) is 0.872. The summed E-state index contributed by atoms with van der Waals surface area (Å²) in [6, 6.07) is 11.3. The standard InChI is InChI=1S/C17H23N3/c1-3-18-16(14-12-19-20(4-2)13-14)17(10-11-17)15-8-6-5-7-9-15/h5-9,12-13,16,18H,3-4,10-11H2,1-2H3. The minimum absolute atomic E-state index is 0.263. The Labute approximate surface area is 121 Å². The van der Waals surface area contributed by atoms with E-state index >= 15 is 0 Å². The van der Waals surface area contributed by atoms with Gasteiger partial charge in [-0.2, -0.15) is 5.10 Å². The first-order chi connectivity index (χ1) is 9.80. The van der Waals surface area contributed by atoms with Crippen molar-refractivity contribution in [3.05, 3.63) is 53.9 Å². The van der Waals surface area contributed by atoms with Gasteiger partial charge in [-0.25, -0.2) is 0 Å². The minimum atomic E-state index is 0.263. The van der Waals surface area contributed by atoms with Crippen molar-refractivity contribution < 1.29 is 0 Å². The van der Waals surface area contributed by atoms with Gasteiger partial charge in [-0.05, 0) is 31.9 Å². The minimum Gasteiger partial charge on any atom is -0.309 e. The van der Waals surface area contributed by atoms with Gasteiger partial charge in [0, 0.05) is 29.8 Å². The summed E-state index contributed by atoms with van der Waals surface area (Å²) in [4.78, 5) is 0. The molecule has 1 fully saturated rings. The number of benzene rings is 1. The van der Waals surface area contributed by atoms with Gasteiger partial charge in [0.2, 0.25) is 0 Å². The molecule has 1 unspecified atom stereocenters. The van der Waals surface area contributed by atoms with Crippen molar-refractivity contribution in [2.45, 2.75) is 44.7 Å². The molecule has 3 rings (SSSR count). The average Bonchev–Trinajstić information content (AvgIpc) is 3.16. The van der Waals surface area contributed by atoms with Gasteiger partial charge in [-0.15, -0.1) is 0 Å². The molecule has 1 atom stereocenters. The largest absolute Gasteiger partial charge is 0.309 e. The number of hydrogen-bond donors (Lipinski definition) is 1. The van der Waals surface area contributed by atoms with Crippen molar-refractivity contribution in [3.63, 3.8) is 0 Å². The first kappa shape index (κ1) is 13.4. The highest BCUT2D eigenvalue weighted by Crippen LogP contribution is 2.56. The van der Waals surface area contributed by atoms with Gasteiger partial charge in [-0.1, -0.05) is 37.3 Å². The summed E-state index contributed by atoms with van der Waals surface area (Å²) in [6.45, 7) is 6.22. The van der Waals surface area contributed by atoms with E-state index < -0.39 is 0 Å². The van der Waals surface area contributed by atoms with Crippen molar-refractivity contribution in [2.75, 3.05) is 6.54 Å². The third kappa shape index (κ3) is 2.27. The van der Waals surface area contributed by atoms with Crippen molar-refractivity contribution >= 4 is 0 Å². The molecule has 2 aromatic rings. The maximum absolute atomic E-state index is 4.45. The van der Waals surface area contributed by atoms with Gasteiger partial charge in [0.15, 0.2) is 0 Å². The third-order valence-electron chi connectivity index (χ3n) is 4.41. The molecule has 1 aromatic carbocycles. The maximum Gasteiger partial charge on any atom is 0.0537 e. The van der Waals surface area contributed by atoms with Crippen LogP contribution in [0.4, 0.5) is 0 Å². The molecule has 1 N–H and O–H groups in total. The first-order valence-corrected chi connectivity index (χ1v) is 7.61. The summed E-state index contributed by atoms with van der Waals surface area (Å²) < 4.78 is 2.01. The number of hydrogen-bond acceptors (Lipinski definition) is 2. The second-order valence-electron chi connectivity index (χ2n) is 5.64. The van der Waals surface area contributed by atoms with Crippen LogP contribution in [0.5, 0.6) is 0 Å². The maximum atomic E-state index is 4.45. The highest BCUT2D eigenvalue weighted by molar-refractivity contribution is 5.37. The van der Waals surface area contributed by atoms with Crippen LogP contribution in [0.3, 0.4) is 0 Å². The van der Waals surface area contributed by atoms with Crippen molar-refractivity contribution in [3.8, 4) is 0 Å². The Bertz CT molecular complexity index is 555. The van der Waals surface area contributed by atoms with E-state index in [4.69, 9.17) is 0 Å². The molecule has 1 aromatic heterocycles. The Morgan fingerprint density at radius 3 is 2.55 bits per heavy atom. The summed E-state index contributed by atoms with van der Waals surface area (Å²) >= 11 is 0. The molecule has 106 valence electrons. The average molecular weight is 269 g/mol. The van der Waals surface area contributed by atoms with E-state index in [1.807, 2.05) is 10.9 Å². The predicted octanol–water partition coefficient (Wildman–Crippen LogP) is 3.29. The number of aryl methyl sites for hydroxylation is 1. The predicted molar refractivity (Wildman–Crippen MR) is 81.7 cm³/mol. The lowest BCUT2D eigenvalue weighted by atomic mass is 9.85. The molecule has 1 saturated carbocycles. The molecule has 3 heteroatoms. The van der Waals surface area contributed by atoms with Crippen LogP contribution in [0, 0.1) is 0 Å². The van der Waals surface area contributed by atoms with Crippen LogP contribution in [0.2, 0.25) is 0 Å². The topological polar surface area (TPSA) is 29.9 Å². The smallest absolute Gasteiger partial charge is 0.0537 e. The van der Waals surface area contributed by atoms with Gasteiger partial charge < -0.3 is 5.32 Å². The normalized spacial score (nSPS) is 17.9. The number of nitrogens with zero attached hydrogens (tertiary/aromatic N) is 2. The molecular weight excluding hydrogens is 246 g/mol. The lowest BCUT2D eigenvalue weighted by molar-refractivity contribution is 0.439. The SMILES string of the molecule is CCNC(c1cnn(CC)c1)C1(c2ccccc2)CC1. The Hall–Kier alpha value is -1.61. The molecule has 20 heavy (non-hydrogen) atoms. The summed E-state index contributed by atoms with van der Waals surface area (Å²) in [5.74, 6) is 0. The third-order valence-corrected chi connectivity index (χ3v) is 4.41. The monoisotopic (exact) mass is 269 g/mol. The highest BCUT2D eigenvalue weighted by atomic mass is 15.3. The molecule has 0 saturated heterocycles. The van der Waals surface area contributed by atoms with Crippen molar-refractivity contribution in [1.82, 2.24) is 15.1 Å². The van der Waals surface area contributed by atoms with Crippen LogP contribution < -0.4 is 5.32 Å². The Balaban J connectivity index is 1.94. The van der Waals surface area contributed by atoms with E-state index in [-0.39, 0.29) is 5.41 Å². The Morgan fingerprint density at radius 2 is 2.00 bits per heavy atom. The van der Waals surface area contributed by atoms with E-state index in [9.17, 15) is 0 Å². The first-order valence-electron chi connectivity index (χ1n) is 7.61. The second kappa shape index (κ2) is 5.41. The highest BCUT2D eigenvalue weighted by Gasteiger charge is 2.51. The zero-order chi connectivity index (χ0) is 14.0. The van der Waals surface area contributed by atoms with Gasteiger partial charge in [0.05, 0.1) is 6.20 Å². The number of nitrogens with one attached hydrogen (secondary N) is 1. The van der Waals surface area contributed by atoms with Crippen LogP contribution >= 0.6 is 0 Å². The Morgan fingerprint density at radius 1 is 1.25 bits per heavy atom. The van der Waals surface area contributed by atoms with Crippen LogP contribution in [0.1, 0.15) is 43.9 Å². The van der Waals surface area contributed by atoms with E-state index in [0.29, 0.717) is 6.04 Å². The second-order valence-corrected chi connectivity index (χ2v) is 5.64. The number of aromatic nitrogens is 2. The van der Waals surface area contributed by atoms with E-state index in [0.717, 1.165) is 13.1 Å². The number of likely N-dealkylation sites (N-methyl/N-ethyl adjacent to an activating group) is 1. The molecule has 0 radical (unpaired) electrons. The molecule has 0 aliphatic heterocycles. The number of rotatable bonds is 6. The van der Waals surface area contributed by atoms with Crippen LogP contribution in [0.25, 0.3) is 0 Å². The van der Waals surface area contributed by atoms with Gasteiger partial charge in [-0.3, -0.25) is 4.68 Å². The van der Waals surface area contributed by atoms with Crippen LogP contribution in [0.15, 0.2) is 42.7 Å². The molecule has 0 bridgehead atoms. The molecule has 1 aliphatic carbocycles. The molecule has 0 spiro atoms. The summed E-state index contributed by atoms with van der Waals surface area (Å²) in [5, 5.41) is 8.13. The van der Waals surface area contributed by atoms with E-state index in [2.05, 4.69) is 60.8 Å². The fourth-order valence-corrected chi connectivity index (χ4v) is 3.19. The zero-order valence-corrected chi connectivity index (χ0v) is 12.3. The molecule has 3 nitrogen and oxygen atoms in total. The molecule has 0 amide bonds. The molecular formula is C17H23N3. The van der Waals surface area contributed by atoms with Crippen molar-refractivity contribution in [1.29, 1.82) is 0 Å². The van der Waals surface area contributed by atoms with E-state index in [1.54, 1.807) is 0 Å². The fraction of sp³-hybridized carbons (Fsp3) is 0.471. The Kier molecular flexibility index (Phi) is 3.62. The lowest BCUT2D eigenvalue weighted by Gasteiger charge is -2.27. The van der Waals surface area contributed by atoms with E-state index in [1.165, 1.54) is 24.0 Å². The van der Waals surface area contributed by atoms with Crippen LogP contribution in [-0.2, 0) is 12.0 Å². The molecule has 1 heterocycles. The van der Waals surface area contributed by atoms with Gasteiger partial charge in [0.25, 0.3) is 0 Å².